The lowest BCUT2D eigenvalue weighted by Gasteiger charge is -2.16. The number of amides is 2. The van der Waals surface area contributed by atoms with Gasteiger partial charge in [0.25, 0.3) is 0 Å². The summed E-state index contributed by atoms with van der Waals surface area (Å²) in [6.07, 6.45) is 0.503. The fourth-order valence-electron chi connectivity index (χ4n) is 2.73. The summed E-state index contributed by atoms with van der Waals surface area (Å²) in [5.74, 6) is -1.15. The van der Waals surface area contributed by atoms with Crippen LogP contribution in [0, 0.1) is 12.8 Å². The zero-order valence-electron chi connectivity index (χ0n) is 12.8. The molecule has 1 saturated heterocycles. The van der Waals surface area contributed by atoms with Crippen molar-refractivity contribution in [2.24, 2.45) is 5.92 Å². The van der Waals surface area contributed by atoms with Gasteiger partial charge in [-0.15, -0.1) is 0 Å². The number of anilines is 2. The van der Waals surface area contributed by atoms with E-state index in [0.29, 0.717) is 23.7 Å². The molecule has 1 fully saturated rings. The van der Waals surface area contributed by atoms with Gasteiger partial charge in [0.15, 0.2) is 0 Å². The molecule has 0 unspecified atom stereocenters. The highest BCUT2D eigenvalue weighted by atomic mass is 35.5. The van der Waals surface area contributed by atoms with Crippen LogP contribution in [0.2, 0.25) is 5.02 Å². The monoisotopic (exact) mass is 328 g/mol. The molecule has 0 saturated carbocycles. The maximum Gasteiger partial charge on any atom is 0.239 e. The van der Waals surface area contributed by atoms with E-state index >= 15 is 0 Å². The summed E-state index contributed by atoms with van der Waals surface area (Å²) in [4.78, 5) is 26.6. The number of carbonyl (C=O) groups excluding carboxylic acids is 2. The van der Waals surface area contributed by atoms with Crippen LogP contribution in [0.15, 0.2) is 48.5 Å². The molecule has 2 aromatic rings. The first-order chi connectivity index (χ1) is 11.1. The van der Waals surface area contributed by atoms with Crippen molar-refractivity contribution in [1.82, 2.24) is 0 Å². The van der Waals surface area contributed by atoms with Gasteiger partial charge in [0.1, 0.15) is 5.92 Å². The number of nitrogens with zero attached hydrogens (tertiary/aromatic N) is 1. The van der Waals surface area contributed by atoms with E-state index in [1.165, 1.54) is 0 Å². The molecule has 2 aromatic carbocycles. The number of hydrogen-bond donors (Lipinski definition) is 1. The van der Waals surface area contributed by atoms with Crippen molar-refractivity contribution >= 4 is 34.8 Å². The van der Waals surface area contributed by atoms with Gasteiger partial charge in [0.2, 0.25) is 11.8 Å². The number of benzene rings is 2. The number of nitrogens with one attached hydrogen (secondary N) is 1. The van der Waals surface area contributed by atoms with E-state index in [1.807, 2.05) is 43.3 Å². The summed E-state index contributed by atoms with van der Waals surface area (Å²) in [5.41, 5.74) is 2.37. The molecule has 3 rings (SSSR count). The van der Waals surface area contributed by atoms with Crippen molar-refractivity contribution in [3.63, 3.8) is 0 Å². The third kappa shape index (κ3) is 3.22. The Morgan fingerprint density at radius 3 is 2.65 bits per heavy atom. The number of rotatable bonds is 3. The molecule has 23 heavy (non-hydrogen) atoms. The molecule has 118 valence electrons. The van der Waals surface area contributed by atoms with Gasteiger partial charge in [0.05, 0.1) is 10.7 Å². The van der Waals surface area contributed by atoms with Gasteiger partial charge in [-0.2, -0.15) is 0 Å². The zero-order valence-corrected chi connectivity index (χ0v) is 13.5. The van der Waals surface area contributed by atoms with Crippen molar-refractivity contribution in [3.8, 4) is 0 Å². The van der Waals surface area contributed by atoms with E-state index in [0.717, 1.165) is 11.3 Å². The van der Waals surface area contributed by atoms with Gasteiger partial charge < -0.3 is 10.2 Å². The Labute approximate surface area is 140 Å². The summed E-state index contributed by atoms with van der Waals surface area (Å²) >= 11 is 6.13. The predicted octanol–water partition coefficient (Wildman–Crippen LogP) is 3.64. The van der Waals surface area contributed by atoms with Crippen molar-refractivity contribution in [2.75, 3.05) is 16.8 Å². The quantitative estimate of drug-likeness (QED) is 0.874. The zero-order chi connectivity index (χ0) is 16.4. The van der Waals surface area contributed by atoms with Gasteiger partial charge in [-0.1, -0.05) is 35.9 Å². The minimum atomic E-state index is -0.674. The second-order valence-corrected chi connectivity index (χ2v) is 6.05. The fourth-order valence-corrected chi connectivity index (χ4v) is 3.01. The second kappa shape index (κ2) is 6.42. The van der Waals surface area contributed by atoms with Crippen molar-refractivity contribution < 1.29 is 9.59 Å². The van der Waals surface area contributed by atoms with Gasteiger partial charge in [0, 0.05) is 12.2 Å². The standard InChI is InChI=1S/C18H17ClN2O2/c1-12-7-8-16(15(19)11-12)20-17(22)14-9-10-21(18(14)23)13-5-3-2-4-6-13/h2-8,11,14H,9-10H2,1H3,(H,20,22)/t14-/m1/s1. The molecule has 0 radical (unpaired) electrons. The van der Waals surface area contributed by atoms with Crippen LogP contribution in [0.3, 0.4) is 0 Å². The van der Waals surface area contributed by atoms with Crippen LogP contribution in [0.4, 0.5) is 11.4 Å². The fraction of sp³-hybridized carbons (Fsp3) is 0.222. The third-order valence-electron chi connectivity index (χ3n) is 3.97. The Morgan fingerprint density at radius 2 is 1.96 bits per heavy atom. The van der Waals surface area contributed by atoms with E-state index in [4.69, 9.17) is 11.6 Å². The Hall–Kier alpha value is -2.33. The van der Waals surface area contributed by atoms with Gasteiger partial charge >= 0.3 is 0 Å². The summed E-state index contributed by atoms with van der Waals surface area (Å²) in [5, 5.41) is 3.24. The SMILES string of the molecule is Cc1ccc(NC(=O)[C@H]2CCN(c3ccccc3)C2=O)c(Cl)c1. The molecule has 0 aromatic heterocycles. The number of carbonyl (C=O) groups is 2. The maximum absolute atomic E-state index is 12.5. The normalized spacial score (nSPS) is 17.4. The first-order valence-electron chi connectivity index (χ1n) is 7.49. The van der Waals surface area contributed by atoms with Crippen molar-refractivity contribution in [1.29, 1.82) is 0 Å². The Morgan fingerprint density at radius 1 is 1.22 bits per heavy atom. The van der Waals surface area contributed by atoms with E-state index in [9.17, 15) is 9.59 Å². The first-order valence-corrected chi connectivity index (χ1v) is 7.87. The molecule has 0 aliphatic carbocycles. The molecule has 5 heteroatoms. The summed E-state index contributed by atoms with van der Waals surface area (Å²) in [6.45, 7) is 2.47. The topological polar surface area (TPSA) is 49.4 Å². The number of hydrogen-bond acceptors (Lipinski definition) is 2. The van der Waals surface area contributed by atoms with Crippen LogP contribution in [-0.4, -0.2) is 18.4 Å². The Balaban J connectivity index is 1.72. The average Bonchev–Trinajstić information content (AvgIpc) is 2.92. The molecule has 0 bridgehead atoms. The van der Waals surface area contributed by atoms with Crippen LogP contribution in [0.5, 0.6) is 0 Å². The molecule has 0 spiro atoms. The molecule has 4 nitrogen and oxygen atoms in total. The smallest absolute Gasteiger partial charge is 0.239 e. The molecule has 1 N–H and O–H groups in total. The van der Waals surface area contributed by atoms with Gasteiger partial charge in [-0.25, -0.2) is 0 Å². The van der Waals surface area contributed by atoms with Crippen LogP contribution >= 0.6 is 11.6 Å². The highest BCUT2D eigenvalue weighted by molar-refractivity contribution is 6.34. The van der Waals surface area contributed by atoms with Crippen molar-refractivity contribution in [3.05, 3.63) is 59.1 Å². The predicted molar refractivity (Wildman–Crippen MR) is 91.7 cm³/mol. The number of para-hydroxylation sites is 1. The summed E-state index contributed by atoms with van der Waals surface area (Å²) in [6, 6.07) is 14.8. The molecular formula is C18H17ClN2O2. The molecule has 1 aliphatic rings. The minimum absolute atomic E-state index is 0.170. The van der Waals surface area contributed by atoms with Gasteiger partial charge in [-0.05, 0) is 43.2 Å². The maximum atomic E-state index is 12.5. The van der Waals surface area contributed by atoms with E-state index < -0.39 is 5.92 Å². The molecular weight excluding hydrogens is 312 g/mol. The average molecular weight is 329 g/mol. The lowest BCUT2D eigenvalue weighted by Crippen LogP contribution is -2.33. The van der Waals surface area contributed by atoms with E-state index in [-0.39, 0.29) is 11.8 Å². The van der Waals surface area contributed by atoms with E-state index in [2.05, 4.69) is 5.32 Å². The van der Waals surface area contributed by atoms with Crippen LogP contribution in [0.25, 0.3) is 0 Å². The molecule has 1 heterocycles. The molecule has 1 aliphatic heterocycles. The summed E-state index contributed by atoms with van der Waals surface area (Å²) in [7, 11) is 0. The number of halogens is 1. The highest BCUT2D eigenvalue weighted by Crippen LogP contribution is 2.28. The van der Waals surface area contributed by atoms with E-state index in [1.54, 1.807) is 17.0 Å². The Kier molecular flexibility index (Phi) is 4.35. The lowest BCUT2D eigenvalue weighted by atomic mass is 10.1. The van der Waals surface area contributed by atoms with Crippen LogP contribution in [0.1, 0.15) is 12.0 Å². The van der Waals surface area contributed by atoms with Crippen LogP contribution < -0.4 is 10.2 Å². The van der Waals surface area contributed by atoms with Crippen LogP contribution in [-0.2, 0) is 9.59 Å². The second-order valence-electron chi connectivity index (χ2n) is 5.64. The minimum Gasteiger partial charge on any atom is -0.324 e. The largest absolute Gasteiger partial charge is 0.324 e. The third-order valence-corrected chi connectivity index (χ3v) is 4.29. The first kappa shape index (κ1) is 15.6. The summed E-state index contributed by atoms with van der Waals surface area (Å²) < 4.78 is 0. The highest BCUT2D eigenvalue weighted by Gasteiger charge is 2.37. The number of aryl methyl sites for hydroxylation is 1. The molecule has 2 amide bonds. The Bertz CT molecular complexity index is 746. The lowest BCUT2D eigenvalue weighted by molar-refractivity contribution is -0.129. The van der Waals surface area contributed by atoms with Crippen molar-refractivity contribution in [2.45, 2.75) is 13.3 Å². The molecule has 1 atom stereocenters. The van der Waals surface area contributed by atoms with Gasteiger partial charge in [-0.3, -0.25) is 9.59 Å².